The second-order valence-corrected chi connectivity index (χ2v) is 11.5. The number of amides is 4. The first kappa shape index (κ1) is 29.8. The fraction of sp³-hybridized carbons (Fsp3) is 0.429. The van der Waals surface area contributed by atoms with Gasteiger partial charge >= 0.3 is 18.3 Å². The molecule has 2 fully saturated rings. The van der Waals surface area contributed by atoms with Crippen LogP contribution in [-0.2, 0) is 21.7 Å². The van der Waals surface area contributed by atoms with Gasteiger partial charge in [-0.2, -0.15) is 13.2 Å². The number of hydrogen-bond donors (Lipinski definition) is 2. The standard InChI is InChI=1S/C28H27BrF4N4O5/c1-34-25(40)35-19-9-8-18-22(23(19)29)20(38)10-11-27(18)14-36(26(41)42-27)13-21(39)37(12-15-2-6-17(30)7-3-15)24(16-4-5-16)28(31,32)33/h2-3,6-9,16,24H,4-5,10-14H2,1H3,(H2,34,35,40). The highest BCUT2D eigenvalue weighted by atomic mass is 79.9. The summed E-state index contributed by atoms with van der Waals surface area (Å²) in [6, 6.07) is 5.36. The molecule has 2 aromatic rings. The summed E-state index contributed by atoms with van der Waals surface area (Å²) in [6.07, 6.45) is -4.89. The van der Waals surface area contributed by atoms with Crippen LogP contribution in [-0.4, -0.2) is 66.0 Å². The number of hydrogen-bond acceptors (Lipinski definition) is 5. The van der Waals surface area contributed by atoms with Crippen LogP contribution in [0.25, 0.3) is 0 Å². The van der Waals surface area contributed by atoms with Crippen LogP contribution >= 0.6 is 15.9 Å². The van der Waals surface area contributed by atoms with Gasteiger partial charge in [0.25, 0.3) is 0 Å². The second kappa shape index (κ2) is 11.2. The van der Waals surface area contributed by atoms with Crippen LogP contribution < -0.4 is 10.6 Å². The molecule has 1 heterocycles. The third-order valence-corrected chi connectivity index (χ3v) is 8.61. The van der Waals surface area contributed by atoms with Crippen molar-refractivity contribution in [3.63, 3.8) is 0 Å². The van der Waals surface area contributed by atoms with Gasteiger partial charge in [0.05, 0.1) is 16.7 Å². The molecular formula is C28H27BrF4N4O5. The average molecular weight is 655 g/mol. The molecule has 0 bridgehead atoms. The highest BCUT2D eigenvalue weighted by Gasteiger charge is 2.55. The Labute approximate surface area is 246 Å². The van der Waals surface area contributed by atoms with E-state index in [1.807, 2.05) is 0 Å². The summed E-state index contributed by atoms with van der Waals surface area (Å²) in [6.45, 7) is -1.27. The summed E-state index contributed by atoms with van der Waals surface area (Å²) in [7, 11) is 1.43. The maximum Gasteiger partial charge on any atom is 0.411 e. The summed E-state index contributed by atoms with van der Waals surface area (Å²) in [5, 5.41) is 5.01. The lowest BCUT2D eigenvalue weighted by Gasteiger charge is -2.35. The minimum Gasteiger partial charge on any atom is -0.436 e. The average Bonchev–Trinajstić information content (AvgIpc) is 3.71. The Morgan fingerprint density at radius 2 is 1.86 bits per heavy atom. The fourth-order valence-electron chi connectivity index (χ4n) is 5.60. The van der Waals surface area contributed by atoms with Crippen molar-refractivity contribution in [3.05, 3.63) is 63.4 Å². The predicted molar refractivity (Wildman–Crippen MR) is 145 cm³/mol. The van der Waals surface area contributed by atoms with Gasteiger partial charge in [-0.05, 0) is 58.5 Å². The van der Waals surface area contributed by atoms with Gasteiger partial charge in [0.15, 0.2) is 11.4 Å². The molecule has 9 nitrogen and oxygen atoms in total. The molecule has 1 saturated heterocycles. The van der Waals surface area contributed by atoms with Crippen LogP contribution in [0, 0.1) is 11.7 Å². The Morgan fingerprint density at radius 1 is 1.17 bits per heavy atom. The van der Waals surface area contributed by atoms with E-state index < -0.39 is 60.7 Å². The molecule has 5 rings (SSSR count). The summed E-state index contributed by atoms with van der Waals surface area (Å²) in [5.41, 5.74) is -0.128. The van der Waals surface area contributed by atoms with Crippen molar-refractivity contribution < 1.29 is 41.5 Å². The summed E-state index contributed by atoms with van der Waals surface area (Å²) >= 11 is 3.37. The maximum atomic E-state index is 14.2. The highest BCUT2D eigenvalue weighted by molar-refractivity contribution is 9.10. The number of rotatable bonds is 7. The number of anilines is 1. The van der Waals surface area contributed by atoms with Crippen LogP contribution in [0.15, 0.2) is 40.9 Å². The first-order valence-corrected chi connectivity index (χ1v) is 14.1. The van der Waals surface area contributed by atoms with Crippen molar-refractivity contribution in [2.24, 2.45) is 5.92 Å². The number of benzene rings is 2. The van der Waals surface area contributed by atoms with Gasteiger partial charge in [-0.3, -0.25) is 14.5 Å². The van der Waals surface area contributed by atoms with E-state index in [1.165, 1.54) is 25.2 Å². The lowest BCUT2D eigenvalue weighted by atomic mass is 9.78. The van der Waals surface area contributed by atoms with E-state index in [1.54, 1.807) is 6.07 Å². The Morgan fingerprint density at radius 3 is 2.48 bits per heavy atom. The minimum atomic E-state index is -4.71. The molecule has 1 aliphatic heterocycles. The monoisotopic (exact) mass is 654 g/mol. The first-order chi connectivity index (χ1) is 19.8. The van der Waals surface area contributed by atoms with E-state index >= 15 is 0 Å². The Hall–Kier alpha value is -3.68. The lowest BCUT2D eigenvalue weighted by Crippen LogP contribution is -2.52. The van der Waals surface area contributed by atoms with Gasteiger partial charge in [-0.15, -0.1) is 0 Å². The van der Waals surface area contributed by atoms with Crippen molar-refractivity contribution in [3.8, 4) is 0 Å². The van der Waals surface area contributed by atoms with Crippen molar-refractivity contribution >= 4 is 45.4 Å². The molecule has 0 aromatic heterocycles. The largest absolute Gasteiger partial charge is 0.436 e. The molecule has 0 radical (unpaired) electrons. The predicted octanol–water partition coefficient (Wildman–Crippen LogP) is 5.33. The number of fused-ring (bicyclic) bond motifs is 2. The third-order valence-electron chi connectivity index (χ3n) is 7.78. The van der Waals surface area contributed by atoms with E-state index in [-0.39, 0.29) is 30.7 Å². The number of urea groups is 1. The van der Waals surface area contributed by atoms with Crippen LogP contribution in [0.5, 0.6) is 0 Å². The normalized spacial score (nSPS) is 20.7. The Kier molecular flexibility index (Phi) is 7.94. The van der Waals surface area contributed by atoms with Crippen molar-refractivity contribution in [2.45, 2.75) is 50.0 Å². The number of ketones is 1. The van der Waals surface area contributed by atoms with Crippen molar-refractivity contribution in [2.75, 3.05) is 25.5 Å². The molecule has 2 aromatic carbocycles. The van der Waals surface area contributed by atoms with E-state index in [2.05, 4.69) is 26.6 Å². The smallest absolute Gasteiger partial charge is 0.411 e. The van der Waals surface area contributed by atoms with Crippen LogP contribution in [0.2, 0.25) is 0 Å². The number of ether oxygens (including phenoxy) is 1. The molecule has 3 aliphatic rings. The number of nitrogens with zero attached hydrogens (tertiary/aromatic N) is 2. The van der Waals surface area contributed by atoms with Crippen molar-refractivity contribution in [1.82, 2.24) is 15.1 Å². The first-order valence-electron chi connectivity index (χ1n) is 13.3. The van der Waals surface area contributed by atoms with E-state index in [0.29, 0.717) is 34.1 Å². The summed E-state index contributed by atoms with van der Waals surface area (Å²) in [5.74, 6) is -2.51. The van der Waals surface area contributed by atoms with Gasteiger partial charge < -0.3 is 20.3 Å². The molecule has 224 valence electrons. The van der Waals surface area contributed by atoms with Gasteiger partial charge in [0.2, 0.25) is 5.91 Å². The molecule has 2 N–H and O–H groups in total. The maximum absolute atomic E-state index is 14.2. The van der Waals surface area contributed by atoms with Gasteiger partial charge in [0.1, 0.15) is 18.4 Å². The number of Topliss-reactive ketones (excluding diaryl/α,β-unsaturated/α-hetero) is 1. The van der Waals surface area contributed by atoms with Gasteiger partial charge in [-0.25, -0.2) is 14.0 Å². The van der Waals surface area contributed by atoms with Gasteiger partial charge in [0, 0.05) is 37.6 Å². The molecule has 4 amide bonds. The van der Waals surface area contributed by atoms with Crippen LogP contribution in [0.3, 0.4) is 0 Å². The fourth-order valence-corrected chi connectivity index (χ4v) is 6.27. The third kappa shape index (κ3) is 5.81. The van der Waals surface area contributed by atoms with E-state index in [0.717, 1.165) is 21.9 Å². The SMILES string of the molecule is CNC(=O)Nc1ccc2c(c1Br)C(=O)CCC21CN(CC(=O)N(Cc2ccc(F)cc2)C(C2CC2)C(F)(F)F)C(=O)O1. The van der Waals surface area contributed by atoms with Crippen LogP contribution in [0.4, 0.5) is 32.8 Å². The molecule has 2 unspecified atom stereocenters. The number of carbonyl (C=O) groups is 4. The number of nitrogens with one attached hydrogen (secondary N) is 2. The zero-order chi connectivity index (χ0) is 30.4. The summed E-state index contributed by atoms with van der Waals surface area (Å²) in [4.78, 5) is 53.1. The summed E-state index contributed by atoms with van der Waals surface area (Å²) < 4.78 is 62.1. The number of halogens is 5. The zero-order valence-corrected chi connectivity index (χ0v) is 24.0. The topological polar surface area (TPSA) is 108 Å². The van der Waals surface area contributed by atoms with Crippen molar-refractivity contribution in [1.29, 1.82) is 0 Å². The quantitative estimate of drug-likeness (QED) is 0.392. The molecule has 14 heteroatoms. The number of alkyl halides is 3. The zero-order valence-electron chi connectivity index (χ0n) is 22.4. The van der Waals surface area contributed by atoms with E-state index in [9.17, 15) is 36.7 Å². The van der Waals surface area contributed by atoms with E-state index in [4.69, 9.17) is 4.74 Å². The minimum absolute atomic E-state index is 0.00138. The molecule has 42 heavy (non-hydrogen) atoms. The molecule has 2 atom stereocenters. The molecule has 1 spiro atoms. The second-order valence-electron chi connectivity index (χ2n) is 10.7. The Balaban J connectivity index is 1.41. The van der Waals surface area contributed by atoms with Crippen LogP contribution in [0.1, 0.15) is 47.2 Å². The number of carbonyl (C=O) groups excluding carboxylic acids is 4. The highest BCUT2D eigenvalue weighted by Crippen LogP contribution is 2.47. The molecule has 1 saturated carbocycles. The lowest BCUT2D eigenvalue weighted by molar-refractivity contribution is -0.196. The molecular weight excluding hydrogens is 628 g/mol. The Bertz CT molecular complexity index is 1430. The van der Waals surface area contributed by atoms with Gasteiger partial charge in [-0.1, -0.05) is 18.2 Å². The molecule has 2 aliphatic carbocycles.